The van der Waals surface area contributed by atoms with Gasteiger partial charge in [-0.3, -0.25) is 4.79 Å². The number of carbonyl (C=O) groups excluding carboxylic acids is 1. The first kappa shape index (κ1) is 14.5. The number of amides is 1. The molecule has 1 aliphatic heterocycles. The quantitative estimate of drug-likeness (QED) is 0.724. The van der Waals surface area contributed by atoms with Crippen LogP contribution in [0.15, 0.2) is 0 Å². The van der Waals surface area contributed by atoms with Gasteiger partial charge in [-0.2, -0.15) is 0 Å². The van der Waals surface area contributed by atoms with Crippen molar-refractivity contribution < 1.29 is 4.79 Å². The second-order valence-electron chi connectivity index (χ2n) is 5.46. The van der Waals surface area contributed by atoms with Gasteiger partial charge in [0.2, 0.25) is 5.91 Å². The number of nitrogens with zero attached hydrogens (tertiary/aromatic N) is 1. The summed E-state index contributed by atoms with van der Waals surface area (Å²) >= 11 is 0. The molecule has 0 aliphatic carbocycles. The second-order valence-corrected chi connectivity index (χ2v) is 5.46. The zero-order chi connectivity index (χ0) is 12.8. The van der Waals surface area contributed by atoms with Crippen molar-refractivity contribution in [3.8, 4) is 0 Å². The summed E-state index contributed by atoms with van der Waals surface area (Å²) in [6.45, 7) is 7.92. The molecule has 1 atom stereocenters. The summed E-state index contributed by atoms with van der Waals surface area (Å²) in [6, 6.07) is -0.183. The first-order chi connectivity index (χ1) is 8.04. The molecule has 0 radical (unpaired) electrons. The third-order valence-electron chi connectivity index (χ3n) is 4.00. The summed E-state index contributed by atoms with van der Waals surface area (Å²) in [5, 5.41) is 2.97. The molecule has 0 aromatic heterocycles. The fourth-order valence-corrected chi connectivity index (χ4v) is 2.58. The highest BCUT2D eigenvalue weighted by atomic mass is 16.1. The van der Waals surface area contributed by atoms with Crippen LogP contribution in [0.5, 0.6) is 0 Å². The van der Waals surface area contributed by atoms with Crippen LogP contribution in [0.25, 0.3) is 0 Å². The molecule has 1 aliphatic rings. The SMILES string of the molecule is CNC(CCN1CCC(C(C)C)CC1)C(N)=O. The van der Waals surface area contributed by atoms with Crippen LogP contribution in [0.4, 0.5) is 0 Å². The van der Waals surface area contributed by atoms with Gasteiger partial charge < -0.3 is 16.0 Å². The summed E-state index contributed by atoms with van der Waals surface area (Å²) in [7, 11) is 1.79. The van der Waals surface area contributed by atoms with Crippen molar-refractivity contribution in [1.29, 1.82) is 0 Å². The lowest BCUT2D eigenvalue weighted by atomic mass is 9.86. The number of piperidine rings is 1. The number of likely N-dealkylation sites (tertiary alicyclic amines) is 1. The first-order valence-electron chi connectivity index (χ1n) is 6.73. The van der Waals surface area contributed by atoms with E-state index < -0.39 is 0 Å². The average Bonchev–Trinajstić information content (AvgIpc) is 2.30. The zero-order valence-electron chi connectivity index (χ0n) is 11.4. The van der Waals surface area contributed by atoms with Crippen molar-refractivity contribution in [3.05, 3.63) is 0 Å². The van der Waals surface area contributed by atoms with Crippen LogP contribution >= 0.6 is 0 Å². The highest BCUT2D eigenvalue weighted by Crippen LogP contribution is 2.24. The summed E-state index contributed by atoms with van der Waals surface area (Å²) < 4.78 is 0. The summed E-state index contributed by atoms with van der Waals surface area (Å²) in [4.78, 5) is 13.5. The Labute approximate surface area is 105 Å². The molecule has 17 heavy (non-hydrogen) atoms. The number of rotatable bonds is 6. The first-order valence-corrected chi connectivity index (χ1v) is 6.73. The van der Waals surface area contributed by atoms with Crippen molar-refractivity contribution in [2.45, 2.75) is 39.2 Å². The zero-order valence-corrected chi connectivity index (χ0v) is 11.4. The summed E-state index contributed by atoms with van der Waals surface area (Å²) in [5.41, 5.74) is 5.30. The Morgan fingerprint density at radius 1 is 1.41 bits per heavy atom. The van der Waals surface area contributed by atoms with Gasteiger partial charge in [0.25, 0.3) is 0 Å². The molecule has 1 saturated heterocycles. The Hall–Kier alpha value is -0.610. The number of hydrogen-bond acceptors (Lipinski definition) is 3. The van der Waals surface area contributed by atoms with Crippen molar-refractivity contribution >= 4 is 5.91 Å². The number of nitrogens with one attached hydrogen (secondary N) is 1. The fraction of sp³-hybridized carbons (Fsp3) is 0.923. The van der Waals surface area contributed by atoms with Gasteiger partial charge >= 0.3 is 0 Å². The van der Waals surface area contributed by atoms with Crippen molar-refractivity contribution in [2.75, 3.05) is 26.7 Å². The Bertz CT molecular complexity index is 235. The Morgan fingerprint density at radius 2 is 2.00 bits per heavy atom. The molecule has 1 amide bonds. The van der Waals surface area contributed by atoms with E-state index in [-0.39, 0.29) is 11.9 Å². The van der Waals surface area contributed by atoms with Gasteiger partial charge in [-0.25, -0.2) is 0 Å². The minimum Gasteiger partial charge on any atom is -0.368 e. The third-order valence-corrected chi connectivity index (χ3v) is 4.00. The maximum atomic E-state index is 11.1. The smallest absolute Gasteiger partial charge is 0.234 e. The summed E-state index contributed by atoms with van der Waals surface area (Å²) in [6.07, 6.45) is 3.40. The molecular formula is C13H27N3O. The number of hydrogen-bond donors (Lipinski definition) is 2. The van der Waals surface area contributed by atoms with E-state index in [0.29, 0.717) is 0 Å². The number of likely N-dealkylation sites (N-methyl/N-ethyl adjacent to an activating group) is 1. The van der Waals surface area contributed by atoms with Gasteiger partial charge in [-0.05, 0) is 51.2 Å². The van der Waals surface area contributed by atoms with Crippen LogP contribution in [0.1, 0.15) is 33.1 Å². The van der Waals surface area contributed by atoms with E-state index >= 15 is 0 Å². The molecule has 1 rings (SSSR count). The van der Waals surface area contributed by atoms with Gasteiger partial charge in [0.05, 0.1) is 6.04 Å². The molecular weight excluding hydrogens is 214 g/mol. The minimum absolute atomic E-state index is 0.183. The van der Waals surface area contributed by atoms with Crippen LogP contribution in [0.3, 0.4) is 0 Å². The van der Waals surface area contributed by atoms with Crippen LogP contribution in [-0.4, -0.2) is 43.5 Å². The van der Waals surface area contributed by atoms with Crippen molar-refractivity contribution in [1.82, 2.24) is 10.2 Å². The van der Waals surface area contributed by atoms with Crippen molar-refractivity contribution in [3.63, 3.8) is 0 Å². The van der Waals surface area contributed by atoms with E-state index in [9.17, 15) is 4.79 Å². The van der Waals surface area contributed by atoms with Crippen LogP contribution in [0, 0.1) is 11.8 Å². The third kappa shape index (κ3) is 4.64. The molecule has 1 unspecified atom stereocenters. The molecule has 3 N–H and O–H groups in total. The predicted octanol–water partition coefficient (Wildman–Crippen LogP) is 0.818. The molecule has 1 fully saturated rings. The lowest BCUT2D eigenvalue weighted by Crippen LogP contribution is -2.43. The highest BCUT2D eigenvalue weighted by molar-refractivity contribution is 5.79. The highest BCUT2D eigenvalue weighted by Gasteiger charge is 2.22. The molecule has 0 spiro atoms. The van der Waals surface area contributed by atoms with Crippen LogP contribution in [-0.2, 0) is 4.79 Å². The minimum atomic E-state index is -0.246. The van der Waals surface area contributed by atoms with Crippen LogP contribution in [0.2, 0.25) is 0 Å². The molecule has 0 aromatic carbocycles. The van der Waals surface area contributed by atoms with E-state index in [4.69, 9.17) is 5.73 Å². The maximum absolute atomic E-state index is 11.1. The predicted molar refractivity (Wildman–Crippen MR) is 70.7 cm³/mol. The number of nitrogens with two attached hydrogens (primary N) is 1. The van der Waals surface area contributed by atoms with E-state index in [2.05, 4.69) is 24.1 Å². The lowest BCUT2D eigenvalue weighted by molar-refractivity contribution is -0.120. The van der Waals surface area contributed by atoms with Crippen LogP contribution < -0.4 is 11.1 Å². The fourth-order valence-electron chi connectivity index (χ4n) is 2.58. The number of carbonyl (C=O) groups is 1. The normalized spacial score (nSPS) is 20.7. The molecule has 100 valence electrons. The molecule has 0 bridgehead atoms. The van der Waals surface area contributed by atoms with E-state index in [1.165, 1.54) is 12.8 Å². The largest absolute Gasteiger partial charge is 0.368 e. The lowest BCUT2D eigenvalue weighted by Gasteiger charge is -2.34. The maximum Gasteiger partial charge on any atom is 0.234 e. The standard InChI is InChI=1S/C13H27N3O/c1-10(2)11-4-7-16(8-5-11)9-6-12(15-3)13(14)17/h10-12,15H,4-9H2,1-3H3,(H2,14,17). The Balaban J connectivity index is 2.24. The second kappa shape index (κ2) is 6.97. The molecule has 4 nitrogen and oxygen atoms in total. The molecule has 1 heterocycles. The van der Waals surface area contributed by atoms with Gasteiger partial charge in [0, 0.05) is 6.54 Å². The van der Waals surface area contributed by atoms with E-state index in [1.807, 2.05) is 0 Å². The molecule has 0 saturated carbocycles. The summed E-state index contributed by atoms with van der Waals surface area (Å²) in [5.74, 6) is 1.43. The Kier molecular flexibility index (Phi) is 5.92. The van der Waals surface area contributed by atoms with E-state index in [1.54, 1.807) is 7.05 Å². The average molecular weight is 241 g/mol. The van der Waals surface area contributed by atoms with E-state index in [0.717, 1.165) is 37.9 Å². The monoisotopic (exact) mass is 241 g/mol. The topological polar surface area (TPSA) is 58.4 Å². The van der Waals surface area contributed by atoms with Gasteiger partial charge in [0.15, 0.2) is 0 Å². The Morgan fingerprint density at radius 3 is 2.41 bits per heavy atom. The molecule has 0 aromatic rings. The molecule has 4 heteroatoms. The van der Waals surface area contributed by atoms with Gasteiger partial charge in [0.1, 0.15) is 0 Å². The van der Waals surface area contributed by atoms with Gasteiger partial charge in [-0.1, -0.05) is 13.8 Å². The van der Waals surface area contributed by atoms with Crippen molar-refractivity contribution in [2.24, 2.45) is 17.6 Å². The number of primary amides is 1. The van der Waals surface area contributed by atoms with Gasteiger partial charge in [-0.15, -0.1) is 0 Å².